The van der Waals surface area contributed by atoms with Crippen molar-refractivity contribution >= 4 is 5.91 Å². The fourth-order valence-electron chi connectivity index (χ4n) is 2.94. The molecule has 1 amide bonds. The minimum Gasteiger partial charge on any atom is -0.459 e. The number of ether oxygens (including phenoxy) is 1. The number of carbonyl (C=O) groups excluding carboxylic acids is 1. The average Bonchev–Trinajstić information content (AvgIpc) is 2.89. The van der Waals surface area contributed by atoms with Gasteiger partial charge in [0, 0.05) is 19.3 Å². The monoisotopic (exact) mass is 235 g/mol. The molecule has 1 aromatic rings. The van der Waals surface area contributed by atoms with Gasteiger partial charge in [-0.05, 0) is 43.2 Å². The van der Waals surface area contributed by atoms with Crippen molar-refractivity contribution in [2.45, 2.75) is 31.7 Å². The van der Waals surface area contributed by atoms with Crippen molar-refractivity contribution in [1.82, 2.24) is 5.32 Å². The molecule has 1 unspecified atom stereocenters. The van der Waals surface area contributed by atoms with Gasteiger partial charge in [0.15, 0.2) is 5.76 Å². The quantitative estimate of drug-likeness (QED) is 0.852. The third kappa shape index (κ3) is 1.86. The van der Waals surface area contributed by atoms with Crippen LogP contribution in [0.3, 0.4) is 0 Å². The molecule has 1 aliphatic heterocycles. The van der Waals surface area contributed by atoms with E-state index in [0.29, 0.717) is 17.2 Å². The van der Waals surface area contributed by atoms with E-state index in [0.717, 1.165) is 32.5 Å². The molecule has 1 saturated carbocycles. The van der Waals surface area contributed by atoms with Crippen molar-refractivity contribution in [3.63, 3.8) is 0 Å². The van der Waals surface area contributed by atoms with Crippen LogP contribution < -0.4 is 5.32 Å². The Kier molecular flexibility index (Phi) is 2.67. The first-order chi connectivity index (χ1) is 8.30. The summed E-state index contributed by atoms with van der Waals surface area (Å²) in [5.41, 5.74) is 0.292. The molecule has 0 radical (unpaired) electrons. The minimum atomic E-state index is -0.0921. The Labute approximate surface area is 100 Å². The number of hydrogen-bond donors (Lipinski definition) is 1. The SMILES string of the molecule is O=C(NC1CCC12CCOCC2)c1ccco1. The van der Waals surface area contributed by atoms with Crippen molar-refractivity contribution in [1.29, 1.82) is 0 Å². The molecule has 1 atom stereocenters. The molecule has 92 valence electrons. The van der Waals surface area contributed by atoms with Crippen LogP contribution in [0.15, 0.2) is 22.8 Å². The second-order valence-corrected chi connectivity index (χ2v) is 5.02. The van der Waals surface area contributed by atoms with Crippen LogP contribution >= 0.6 is 0 Å². The van der Waals surface area contributed by atoms with Crippen LogP contribution in [0.5, 0.6) is 0 Å². The number of rotatable bonds is 2. The number of hydrogen-bond acceptors (Lipinski definition) is 3. The van der Waals surface area contributed by atoms with Gasteiger partial charge in [-0.15, -0.1) is 0 Å². The highest BCUT2D eigenvalue weighted by atomic mass is 16.5. The molecule has 2 heterocycles. The van der Waals surface area contributed by atoms with Crippen molar-refractivity contribution in [3.8, 4) is 0 Å². The first-order valence-electron chi connectivity index (χ1n) is 6.22. The van der Waals surface area contributed by atoms with Crippen molar-refractivity contribution < 1.29 is 13.9 Å². The zero-order chi connectivity index (χ0) is 11.7. The molecule has 0 aromatic carbocycles. The summed E-state index contributed by atoms with van der Waals surface area (Å²) in [4.78, 5) is 11.9. The summed E-state index contributed by atoms with van der Waals surface area (Å²) in [7, 11) is 0. The maximum Gasteiger partial charge on any atom is 0.287 e. The summed E-state index contributed by atoms with van der Waals surface area (Å²) in [5, 5.41) is 3.09. The summed E-state index contributed by atoms with van der Waals surface area (Å²) in [6.07, 6.45) is 5.94. The predicted molar refractivity (Wildman–Crippen MR) is 61.7 cm³/mol. The van der Waals surface area contributed by atoms with Crippen LogP contribution in [0.2, 0.25) is 0 Å². The molecule has 1 aliphatic carbocycles. The summed E-state index contributed by atoms with van der Waals surface area (Å²) in [5.74, 6) is 0.310. The van der Waals surface area contributed by atoms with E-state index in [2.05, 4.69) is 5.32 Å². The third-order valence-corrected chi connectivity index (χ3v) is 4.21. The van der Waals surface area contributed by atoms with Gasteiger partial charge in [0.1, 0.15) is 0 Å². The molecule has 4 nitrogen and oxygen atoms in total. The summed E-state index contributed by atoms with van der Waals surface area (Å²) in [6, 6.07) is 3.73. The standard InChI is InChI=1S/C13H17NO3/c15-12(10-2-1-7-17-10)14-11-3-4-13(11)5-8-16-9-6-13/h1-2,7,11H,3-6,8-9H2,(H,14,15). The molecule has 0 bridgehead atoms. The van der Waals surface area contributed by atoms with E-state index in [1.165, 1.54) is 12.7 Å². The smallest absolute Gasteiger partial charge is 0.287 e. The van der Waals surface area contributed by atoms with Crippen LogP contribution in [0.1, 0.15) is 36.2 Å². The molecule has 4 heteroatoms. The second-order valence-electron chi connectivity index (χ2n) is 5.02. The van der Waals surface area contributed by atoms with Crippen LogP contribution in [0, 0.1) is 5.41 Å². The fourth-order valence-corrected chi connectivity index (χ4v) is 2.94. The van der Waals surface area contributed by atoms with Gasteiger partial charge in [-0.3, -0.25) is 4.79 Å². The highest BCUT2D eigenvalue weighted by Crippen LogP contribution is 2.48. The molecular weight excluding hydrogens is 218 g/mol. The maximum absolute atomic E-state index is 11.9. The van der Waals surface area contributed by atoms with E-state index in [1.54, 1.807) is 12.1 Å². The zero-order valence-corrected chi connectivity index (χ0v) is 9.78. The Morgan fingerprint density at radius 1 is 1.35 bits per heavy atom. The molecule has 1 saturated heterocycles. The number of amides is 1. The summed E-state index contributed by atoms with van der Waals surface area (Å²) in [6.45, 7) is 1.65. The first-order valence-corrected chi connectivity index (χ1v) is 6.22. The highest BCUT2D eigenvalue weighted by molar-refractivity contribution is 5.91. The van der Waals surface area contributed by atoms with Gasteiger partial charge in [0.05, 0.1) is 6.26 Å². The molecular formula is C13H17NO3. The molecule has 1 spiro atoms. The maximum atomic E-state index is 11.9. The van der Waals surface area contributed by atoms with Crippen LogP contribution in [-0.4, -0.2) is 25.2 Å². The fraction of sp³-hybridized carbons (Fsp3) is 0.615. The van der Waals surface area contributed by atoms with Crippen molar-refractivity contribution in [3.05, 3.63) is 24.2 Å². The van der Waals surface area contributed by atoms with E-state index in [1.807, 2.05) is 0 Å². The largest absolute Gasteiger partial charge is 0.459 e. The van der Waals surface area contributed by atoms with Gasteiger partial charge < -0.3 is 14.5 Å². The van der Waals surface area contributed by atoms with Crippen molar-refractivity contribution in [2.75, 3.05) is 13.2 Å². The van der Waals surface area contributed by atoms with Crippen LogP contribution in [-0.2, 0) is 4.74 Å². The Balaban J connectivity index is 1.64. The van der Waals surface area contributed by atoms with E-state index in [4.69, 9.17) is 9.15 Å². The zero-order valence-electron chi connectivity index (χ0n) is 9.78. The number of furan rings is 1. The molecule has 2 fully saturated rings. The topological polar surface area (TPSA) is 51.5 Å². The molecule has 1 aromatic heterocycles. The summed E-state index contributed by atoms with van der Waals surface area (Å²) >= 11 is 0. The highest BCUT2D eigenvalue weighted by Gasteiger charge is 2.48. The van der Waals surface area contributed by atoms with Gasteiger partial charge in [-0.2, -0.15) is 0 Å². The lowest BCUT2D eigenvalue weighted by Crippen LogP contribution is -2.57. The lowest BCUT2D eigenvalue weighted by Gasteiger charge is -2.51. The first kappa shape index (κ1) is 10.8. The Bertz CT molecular complexity index is 393. The lowest BCUT2D eigenvalue weighted by molar-refractivity contribution is -0.0524. The van der Waals surface area contributed by atoms with Gasteiger partial charge in [0.2, 0.25) is 0 Å². The van der Waals surface area contributed by atoms with E-state index >= 15 is 0 Å². The van der Waals surface area contributed by atoms with Gasteiger partial charge in [-0.1, -0.05) is 0 Å². The van der Waals surface area contributed by atoms with Gasteiger partial charge in [-0.25, -0.2) is 0 Å². The second kappa shape index (κ2) is 4.18. The molecule has 1 N–H and O–H groups in total. The van der Waals surface area contributed by atoms with Crippen LogP contribution in [0.25, 0.3) is 0 Å². The Hall–Kier alpha value is -1.29. The van der Waals surface area contributed by atoms with Crippen LogP contribution in [0.4, 0.5) is 0 Å². The Morgan fingerprint density at radius 3 is 2.76 bits per heavy atom. The minimum absolute atomic E-state index is 0.0921. The van der Waals surface area contributed by atoms with E-state index in [9.17, 15) is 4.79 Å². The average molecular weight is 235 g/mol. The predicted octanol–water partition coefficient (Wildman–Crippen LogP) is 1.97. The Morgan fingerprint density at radius 2 is 2.18 bits per heavy atom. The molecule has 3 rings (SSSR count). The van der Waals surface area contributed by atoms with E-state index < -0.39 is 0 Å². The molecule has 17 heavy (non-hydrogen) atoms. The van der Waals surface area contributed by atoms with Crippen molar-refractivity contribution in [2.24, 2.45) is 5.41 Å². The van der Waals surface area contributed by atoms with E-state index in [-0.39, 0.29) is 5.91 Å². The number of carbonyl (C=O) groups is 1. The van der Waals surface area contributed by atoms with Gasteiger partial charge in [0.25, 0.3) is 5.91 Å². The van der Waals surface area contributed by atoms with Gasteiger partial charge >= 0.3 is 0 Å². The lowest BCUT2D eigenvalue weighted by atomic mass is 9.60. The number of nitrogens with one attached hydrogen (secondary N) is 1. The third-order valence-electron chi connectivity index (χ3n) is 4.21. The summed E-state index contributed by atoms with van der Waals surface area (Å²) < 4.78 is 10.5. The normalized spacial score (nSPS) is 26.5. The molecule has 2 aliphatic rings.